The number of hydrogen-bond donors (Lipinski definition) is 2. The van der Waals surface area contributed by atoms with Crippen LogP contribution in [0.2, 0.25) is 5.02 Å². The van der Waals surface area contributed by atoms with E-state index in [4.69, 9.17) is 21.4 Å². The molecule has 0 saturated carbocycles. The van der Waals surface area contributed by atoms with E-state index in [2.05, 4.69) is 0 Å². The van der Waals surface area contributed by atoms with E-state index in [1.165, 1.54) is 26.2 Å². The van der Waals surface area contributed by atoms with Crippen molar-refractivity contribution in [3.05, 3.63) is 28.3 Å². The van der Waals surface area contributed by atoms with Gasteiger partial charge in [0.05, 0.1) is 12.1 Å². The maximum absolute atomic E-state index is 10.6. The quantitative estimate of drug-likeness (QED) is 0.800. The van der Waals surface area contributed by atoms with Gasteiger partial charge >= 0.3 is 5.97 Å². The SMILES string of the molecule is COc1ccc(/C=C(\C)C(=O)O)c(Cl)c1O. The molecule has 16 heavy (non-hydrogen) atoms. The maximum atomic E-state index is 10.6. The van der Waals surface area contributed by atoms with E-state index in [-0.39, 0.29) is 22.1 Å². The Morgan fingerprint density at radius 1 is 1.50 bits per heavy atom. The molecule has 0 aliphatic rings. The first kappa shape index (κ1) is 12.4. The third kappa shape index (κ3) is 2.46. The number of ether oxygens (including phenoxy) is 1. The number of carbonyl (C=O) groups is 1. The minimum absolute atomic E-state index is 0.0694. The normalized spacial score (nSPS) is 11.3. The molecule has 86 valence electrons. The van der Waals surface area contributed by atoms with Crippen molar-refractivity contribution < 1.29 is 19.7 Å². The lowest BCUT2D eigenvalue weighted by atomic mass is 10.1. The lowest BCUT2D eigenvalue weighted by Gasteiger charge is -2.07. The Labute approximate surface area is 97.7 Å². The first-order valence-corrected chi connectivity index (χ1v) is 4.82. The minimum atomic E-state index is -1.04. The minimum Gasteiger partial charge on any atom is -0.503 e. The lowest BCUT2D eigenvalue weighted by molar-refractivity contribution is -0.132. The largest absolute Gasteiger partial charge is 0.503 e. The summed E-state index contributed by atoms with van der Waals surface area (Å²) < 4.78 is 4.86. The van der Waals surface area contributed by atoms with E-state index >= 15 is 0 Å². The number of methoxy groups -OCH3 is 1. The summed E-state index contributed by atoms with van der Waals surface area (Å²) in [7, 11) is 1.41. The Balaban J connectivity index is 3.23. The van der Waals surface area contributed by atoms with Crippen molar-refractivity contribution in [2.24, 2.45) is 0 Å². The molecule has 0 aromatic heterocycles. The van der Waals surface area contributed by atoms with Crippen LogP contribution < -0.4 is 4.74 Å². The molecule has 1 rings (SSSR count). The molecular formula is C11H11ClO4. The van der Waals surface area contributed by atoms with E-state index in [9.17, 15) is 9.90 Å². The number of carboxylic acids is 1. The van der Waals surface area contributed by atoms with Crippen LogP contribution in [0.4, 0.5) is 0 Å². The second-order valence-electron chi connectivity index (χ2n) is 3.15. The van der Waals surface area contributed by atoms with Gasteiger partial charge in [-0.15, -0.1) is 0 Å². The molecule has 0 aliphatic heterocycles. The molecule has 0 fully saturated rings. The van der Waals surface area contributed by atoms with Crippen LogP contribution in [-0.4, -0.2) is 23.3 Å². The van der Waals surface area contributed by atoms with Crippen LogP contribution in [0.25, 0.3) is 6.08 Å². The van der Waals surface area contributed by atoms with E-state index in [1.54, 1.807) is 6.07 Å². The third-order valence-corrected chi connectivity index (χ3v) is 2.44. The second kappa shape index (κ2) is 4.90. The van der Waals surface area contributed by atoms with Crippen LogP contribution in [0.3, 0.4) is 0 Å². The molecule has 2 N–H and O–H groups in total. The van der Waals surface area contributed by atoms with Crippen LogP contribution in [0.15, 0.2) is 17.7 Å². The highest BCUT2D eigenvalue weighted by Gasteiger charge is 2.10. The summed E-state index contributed by atoms with van der Waals surface area (Å²) in [5.41, 5.74) is 0.561. The monoisotopic (exact) mass is 242 g/mol. The molecule has 0 saturated heterocycles. The van der Waals surface area contributed by atoms with Crippen molar-refractivity contribution >= 4 is 23.6 Å². The predicted molar refractivity (Wildman–Crippen MR) is 61.0 cm³/mol. The van der Waals surface area contributed by atoms with Gasteiger partial charge in [-0.25, -0.2) is 4.79 Å². The fourth-order valence-electron chi connectivity index (χ4n) is 1.13. The fraction of sp³-hybridized carbons (Fsp3) is 0.182. The number of phenols is 1. The van der Waals surface area contributed by atoms with Gasteiger partial charge in [0, 0.05) is 5.57 Å². The number of aromatic hydroxyl groups is 1. The molecule has 0 aliphatic carbocycles. The third-order valence-electron chi connectivity index (χ3n) is 2.04. The summed E-state index contributed by atoms with van der Waals surface area (Å²) in [4.78, 5) is 10.6. The van der Waals surface area contributed by atoms with Crippen LogP contribution in [0.1, 0.15) is 12.5 Å². The molecule has 0 amide bonds. The molecule has 0 unspecified atom stereocenters. The second-order valence-corrected chi connectivity index (χ2v) is 3.53. The molecule has 5 heteroatoms. The van der Waals surface area contributed by atoms with E-state index in [0.29, 0.717) is 5.56 Å². The summed E-state index contributed by atoms with van der Waals surface area (Å²) in [5, 5.41) is 18.4. The summed E-state index contributed by atoms with van der Waals surface area (Å²) in [6, 6.07) is 3.09. The van der Waals surface area contributed by atoms with Crippen molar-refractivity contribution in [3.8, 4) is 11.5 Å². The average molecular weight is 243 g/mol. The highest BCUT2D eigenvalue weighted by Crippen LogP contribution is 2.36. The molecular weight excluding hydrogens is 232 g/mol. The number of phenolic OH excluding ortho intramolecular Hbond substituents is 1. The van der Waals surface area contributed by atoms with Crippen LogP contribution in [-0.2, 0) is 4.79 Å². The zero-order valence-electron chi connectivity index (χ0n) is 8.82. The molecule has 1 aromatic carbocycles. The molecule has 1 aromatic rings. The molecule has 0 spiro atoms. The maximum Gasteiger partial charge on any atom is 0.331 e. The Bertz CT molecular complexity index is 452. The Hall–Kier alpha value is -1.68. The van der Waals surface area contributed by atoms with Gasteiger partial charge in [0.15, 0.2) is 11.5 Å². The highest BCUT2D eigenvalue weighted by molar-refractivity contribution is 6.33. The van der Waals surface area contributed by atoms with Gasteiger partial charge in [0.1, 0.15) is 0 Å². The van der Waals surface area contributed by atoms with Gasteiger partial charge in [0.2, 0.25) is 0 Å². The summed E-state index contributed by atoms with van der Waals surface area (Å²) >= 11 is 5.86. The molecule has 0 radical (unpaired) electrons. The van der Waals surface area contributed by atoms with Crippen molar-refractivity contribution in [1.82, 2.24) is 0 Å². The van der Waals surface area contributed by atoms with Gasteiger partial charge in [-0.3, -0.25) is 0 Å². The van der Waals surface area contributed by atoms with Crippen LogP contribution in [0.5, 0.6) is 11.5 Å². The van der Waals surface area contributed by atoms with Crippen LogP contribution >= 0.6 is 11.6 Å². The van der Waals surface area contributed by atoms with Crippen molar-refractivity contribution in [2.45, 2.75) is 6.92 Å². The van der Waals surface area contributed by atoms with Gasteiger partial charge in [-0.1, -0.05) is 11.6 Å². The zero-order valence-corrected chi connectivity index (χ0v) is 9.58. The summed E-state index contributed by atoms with van der Waals surface area (Å²) in [6.45, 7) is 1.44. The zero-order chi connectivity index (χ0) is 12.3. The fourth-order valence-corrected chi connectivity index (χ4v) is 1.34. The number of halogens is 1. The van der Waals surface area contributed by atoms with Gasteiger partial charge < -0.3 is 14.9 Å². The Morgan fingerprint density at radius 3 is 2.62 bits per heavy atom. The van der Waals surface area contributed by atoms with Crippen molar-refractivity contribution in [3.63, 3.8) is 0 Å². The van der Waals surface area contributed by atoms with Gasteiger partial charge in [-0.05, 0) is 30.7 Å². The van der Waals surface area contributed by atoms with Gasteiger partial charge in [0.25, 0.3) is 0 Å². The predicted octanol–water partition coefficient (Wildman–Crippen LogP) is 2.54. The highest BCUT2D eigenvalue weighted by atomic mass is 35.5. The molecule has 0 bridgehead atoms. The molecule has 4 nitrogen and oxygen atoms in total. The van der Waals surface area contributed by atoms with Crippen molar-refractivity contribution in [2.75, 3.05) is 7.11 Å². The Kier molecular flexibility index (Phi) is 3.79. The number of benzene rings is 1. The standard InChI is InChI=1S/C11H11ClO4/c1-6(11(14)15)5-7-3-4-8(16-2)10(13)9(7)12/h3-5,13H,1-2H3,(H,14,15)/b6-5+. The number of carboxylic acid groups (broad SMARTS) is 1. The van der Waals surface area contributed by atoms with E-state index < -0.39 is 5.97 Å². The van der Waals surface area contributed by atoms with Crippen LogP contribution in [0, 0.1) is 0 Å². The van der Waals surface area contributed by atoms with E-state index in [1.807, 2.05) is 0 Å². The smallest absolute Gasteiger partial charge is 0.331 e. The Morgan fingerprint density at radius 2 is 2.12 bits per heavy atom. The average Bonchev–Trinajstić information content (AvgIpc) is 2.25. The van der Waals surface area contributed by atoms with E-state index in [0.717, 1.165) is 0 Å². The topological polar surface area (TPSA) is 66.8 Å². The van der Waals surface area contributed by atoms with Crippen molar-refractivity contribution in [1.29, 1.82) is 0 Å². The van der Waals surface area contributed by atoms with Gasteiger partial charge in [-0.2, -0.15) is 0 Å². The number of rotatable bonds is 3. The number of aliphatic carboxylic acids is 1. The summed E-state index contributed by atoms with van der Waals surface area (Å²) in [5.74, 6) is -0.988. The first-order chi connectivity index (χ1) is 7.47. The number of hydrogen-bond acceptors (Lipinski definition) is 3. The first-order valence-electron chi connectivity index (χ1n) is 4.44. The molecule has 0 heterocycles. The summed E-state index contributed by atoms with van der Waals surface area (Å²) in [6.07, 6.45) is 1.38. The lowest BCUT2D eigenvalue weighted by Crippen LogP contribution is -1.95. The molecule has 0 atom stereocenters.